The number of nitrogens with zero attached hydrogens (tertiary/aromatic N) is 2. The molecule has 1 unspecified atom stereocenters. The van der Waals surface area contributed by atoms with E-state index in [0.29, 0.717) is 6.04 Å². The second-order valence-corrected chi connectivity index (χ2v) is 7.27. The largest absolute Gasteiger partial charge is 0.440 e. The van der Waals surface area contributed by atoms with E-state index in [1.54, 1.807) is 0 Å². The Kier molecular flexibility index (Phi) is 2.85. The van der Waals surface area contributed by atoms with Crippen molar-refractivity contribution in [2.24, 2.45) is 0 Å². The second kappa shape index (κ2) is 4.85. The number of anilines is 1. The smallest absolute Gasteiger partial charge is 0.226 e. The molecule has 0 N–H and O–H groups in total. The number of aromatic nitrogens is 1. The van der Waals surface area contributed by atoms with Crippen molar-refractivity contribution < 1.29 is 4.42 Å². The average Bonchev–Trinajstić information content (AvgIpc) is 3.26. The zero-order valence-corrected chi connectivity index (χ0v) is 14.2. The fraction of sp³-hybridized carbons (Fsp3) is 0.381. The van der Waals surface area contributed by atoms with Crippen LogP contribution in [0.25, 0.3) is 11.1 Å². The van der Waals surface area contributed by atoms with Crippen LogP contribution in [0.3, 0.4) is 0 Å². The highest BCUT2D eigenvalue weighted by molar-refractivity contribution is 5.83. The Labute approximate surface area is 142 Å². The first-order chi connectivity index (χ1) is 11.7. The molecule has 5 rings (SSSR count). The molecule has 1 aliphatic heterocycles. The lowest BCUT2D eigenvalue weighted by Gasteiger charge is -2.40. The van der Waals surface area contributed by atoms with Crippen LogP contribution in [0.5, 0.6) is 0 Å². The maximum Gasteiger partial charge on any atom is 0.226 e. The summed E-state index contributed by atoms with van der Waals surface area (Å²) < 4.78 is 6.36. The van der Waals surface area contributed by atoms with E-state index in [1.807, 2.05) is 12.3 Å². The SMILES string of the molecule is Cc1ccccc1N1C(C)c2c(oc3ncccc23)C12CCCC2. The molecule has 0 saturated heterocycles. The van der Waals surface area contributed by atoms with Crippen molar-refractivity contribution in [3.8, 4) is 0 Å². The van der Waals surface area contributed by atoms with Crippen molar-refractivity contribution in [1.82, 2.24) is 4.98 Å². The molecule has 1 spiro atoms. The van der Waals surface area contributed by atoms with E-state index in [9.17, 15) is 0 Å². The van der Waals surface area contributed by atoms with E-state index in [0.717, 1.165) is 5.71 Å². The summed E-state index contributed by atoms with van der Waals surface area (Å²) in [7, 11) is 0. The molecule has 122 valence electrons. The Morgan fingerprint density at radius 1 is 1.12 bits per heavy atom. The summed E-state index contributed by atoms with van der Waals surface area (Å²) in [5, 5.41) is 1.18. The summed E-state index contributed by atoms with van der Waals surface area (Å²) in [4.78, 5) is 7.10. The first kappa shape index (κ1) is 14.1. The van der Waals surface area contributed by atoms with Crippen LogP contribution in [0.15, 0.2) is 47.0 Å². The second-order valence-electron chi connectivity index (χ2n) is 7.27. The molecule has 0 amide bonds. The van der Waals surface area contributed by atoms with Gasteiger partial charge in [0.15, 0.2) is 0 Å². The number of fused-ring (bicyclic) bond motifs is 4. The normalized spacial score (nSPS) is 21.8. The van der Waals surface area contributed by atoms with E-state index in [-0.39, 0.29) is 5.54 Å². The van der Waals surface area contributed by atoms with Crippen molar-refractivity contribution in [2.45, 2.75) is 51.1 Å². The molecule has 24 heavy (non-hydrogen) atoms. The van der Waals surface area contributed by atoms with Gasteiger partial charge in [0, 0.05) is 22.8 Å². The molecule has 2 aromatic heterocycles. The predicted octanol–water partition coefficient (Wildman–Crippen LogP) is 5.49. The van der Waals surface area contributed by atoms with Gasteiger partial charge in [-0.15, -0.1) is 0 Å². The molecule has 3 heteroatoms. The molecule has 3 aromatic rings. The number of rotatable bonds is 1. The Bertz CT molecular complexity index is 920. The maximum absolute atomic E-state index is 6.36. The molecule has 0 bridgehead atoms. The van der Waals surface area contributed by atoms with Crippen LogP contribution >= 0.6 is 0 Å². The number of para-hydroxylation sites is 1. The van der Waals surface area contributed by atoms with E-state index in [4.69, 9.17) is 4.42 Å². The highest BCUT2D eigenvalue weighted by Crippen LogP contribution is 2.58. The van der Waals surface area contributed by atoms with Gasteiger partial charge < -0.3 is 9.32 Å². The molecule has 1 fully saturated rings. The fourth-order valence-electron chi connectivity index (χ4n) is 5.02. The minimum atomic E-state index is 0.00155. The number of hydrogen-bond acceptors (Lipinski definition) is 3. The molecule has 3 nitrogen and oxygen atoms in total. The minimum Gasteiger partial charge on any atom is -0.440 e. The molecule has 1 aromatic carbocycles. The van der Waals surface area contributed by atoms with Gasteiger partial charge in [0.2, 0.25) is 5.71 Å². The van der Waals surface area contributed by atoms with Crippen molar-refractivity contribution in [2.75, 3.05) is 4.90 Å². The van der Waals surface area contributed by atoms with Crippen molar-refractivity contribution in [3.63, 3.8) is 0 Å². The van der Waals surface area contributed by atoms with Crippen LogP contribution in [0, 0.1) is 6.92 Å². The fourth-order valence-corrected chi connectivity index (χ4v) is 5.02. The third-order valence-corrected chi connectivity index (χ3v) is 6.00. The van der Waals surface area contributed by atoms with Crippen LogP contribution in [-0.2, 0) is 5.54 Å². The van der Waals surface area contributed by atoms with Crippen molar-refractivity contribution >= 4 is 16.8 Å². The third-order valence-electron chi connectivity index (χ3n) is 6.00. The zero-order chi connectivity index (χ0) is 16.3. The van der Waals surface area contributed by atoms with Crippen molar-refractivity contribution in [3.05, 3.63) is 59.5 Å². The van der Waals surface area contributed by atoms with Gasteiger partial charge in [-0.05, 0) is 50.5 Å². The predicted molar refractivity (Wildman–Crippen MR) is 96.2 cm³/mol. The van der Waals surface area contributed by atoms with Gasteiger partial charge in [-0.25, -0.2) is 4.98 Å². The van der Waals surface area contributed by atoms with Crippen LogP contribution in [0.4, 0.5) is 5.69 Å². The lowest BCUT2D eigenvalue weighted by atomic mass is 9.93. The van der Waals surface area contributed by atoms with Gasteiger partial charge in [0.25, 0.3) is 0 Å². The number of benzene rings is 1. The van der Waals surface area contributed by atoms with Crippen LogP contribution < -0.4 is 4.90 Å². The van der Waals surface area contributed by atoms with Crippen LogP contribution in [0.2, 0.25) is 0 Å². The van der Waals surface area contributed by atoms with Gasteiger partial charge in [0.05, 0.1) is 11.6 Å². The number of aryl methyl sites for hydroxylation is 1. The van der Waals surface area contributed by atoms with Gasteiger partial charge in [-0.3, -0.25) is 0 Å². The monoisotopic (exact) mass is 318 g/mol. The minimum absolute atomic E-state index is 0.00155. The summed E-state index contributed by atoms with van der Waals surface area (Å²) in [6, 6.07) is 13.2. The summed E-state index contributed by atoms with van der Waals surface area (Å²) in [5.41, 5.74) is 4.83. The first-order valence-electron chi connectivity index (χ1n) is 8.95. The summed E-state index contributed by atoms with van der Waals surface area (Å²) in [6.45, 7) is 4.53. The Morgan fingerprint density at radius 3 is 2.71 bits per heavy atom. The molecule has 0 radical (unpaired) electrons. The van der Waals surface area contributed by atoms with Gasteiger partial charge in [-0.1, -0.05) is 31.0 Å². The summed E-state index contributed by atoms with van der Waals surface area (Å²) in [5.74, 6) is 1.17. The van der Waals surface area contributed by atoms with Crippen LogP contribution in [-0.4, -0.2) is 4.98 Å². The Morgan fingerprint density at radius 2 is 1.92 bits per heavy atom. The van der Waals surface area contributed by atoms with Gasteiger partial charge in [-0.2, -0.15) is 0 Å². The van der Waals surface area contributed by atoms with E-state index in [1.165, 1.54) is 53.6 Å². The topological polar surface area (TPSA) is 29.3 Å². The molecular weight excluding hydrogens is 296 g/mol. The highest BCUT2D eigenvalue weighted by Gasteiger charge is 2.54. The zero-order valence-electron chi connectivity index (χ0n) is 14.2. The number of hydrogen-bond donors (Lipinski definition) is 0. The summed E-state index contributed by atoms with van der Waals surface area (Å²) in [6.07, 6.45) is 6.68. The standard InChI is InChI=1S/C21H22N2O/c1-14-8-3-4-10-17(14)23-15(2)18-16-9-7-13-22-20(16)24-19(18)21(23)11-5-6-12-21/h3-4,7-10,13,15H,5-6,11-12H2,1-2H3. The molecule has 2 aliphatic rings. The number of furan rings is 1. The lowest BCUT2D eigenvalue weighted by Crippen LogP contribution is -2.40. The Hall–Kier alpha value is -2.29. The number of pyridine rings is 1. The molecule has 1 aliphatic carbocycles. The summed E-state index contributed by atoms with van der Waals surface area (Å²) >= 11 is 0. The quantitative estimate of drug-likeness (QED) is 0.594. The first-order valence-corrected chi connectivity index (χ1v) is 8.95. The molecule has 1 saturated carbocycles. The molecule has 3 heterocycles. The van der Waals surface area contributed by atoms with E-state index < -0.39 is 0 Å². The average molecular weight is 318 g/mol. The van der Waals surface area contributed by atoms with E-state index >= 15 is 0 Å². The van der Waals surface area contributed by atoms with Crippen LogP contribution in [0.1, 0.15) is 55.5 Å². The highest BCUT2D eigenvalue weighted by atomic mass is 16.3. The molecule has 1 atom stereocenters. The van der Waals surface area contributed by atoms with Gasteiger partial charge in [0.1, 0.15) is 5.76 Å². The lowest BCUT2D eigenvalue weighted by molar-refractivity contribution is 0.346. The maximum atomic E-state index is 6.36. The van der Waals surface area contributed by atoms with E-state index in [2.05, 4.69) is 54.1 Å². The third kappa shape index (κ3) is 1.65. The van der Waals surface area contributed by atoms with Gasteiger partial charge >= 0.3 is 0 Å². The Balaban J connectivity index is 1.79. The molecular formula is C21H22N2O. The van der Waals surface area contributed by atoms with Crippen molar-refractivity contribution in [1.29, 1.82) is 0 Å².